The minimum atomic E-state index is -0.101. The number of amides is 1. The zero-order valence-electron chi connectivity index (χ0n) is 13.7. The van der Waals surface area contributed by atoms with Gasteiger partial charge in [-0.2, -0.15) is 0 Å². The Bertz CT molecular complexity index is 623. The Labute approximate surface area is 137 Å². The lowest BCUT2D eigenvalue weighted by molar-refractivity contribution is -0.123. The van der Waals surface area contributed by atoms with Crippen LogP contribution < -0.4 is 14.8 Å². The molecule has 2 aromatic rings. The highest BCUT2D eigenvalue weighted by Crippen LogP contribution is 2.13. The maximum Gasteiger partial charge on any atom is 0.257 e. The van der Waals surface area contributed by atoms with Crippen LogP contribution >= 0.6 is 0 Å². The van der Waals surface area contributed by atoms with Crippen molar-refractivity contribution >= 4 is 5.91 Å². The molecule has 4 heteroatoms. The summed E-state index contributed by atoms with van der Waals surface area (Å²) >= 11 is 0. The van der Waals surface area contributed by atoms with E-state index in [1.807, 2.05) is 49.4 Å². The van der Waals surface area contributed by atoms with E-state index in [1.54, 1.807) is 7.11 Å². The molecule has 0 saturated carbocycles. The number of benzene rings is 2. The highest BCUT2D eigenvalue weighted by molar-refractivity contribution is 5.77. The third-order valence-electron chi connectivity index (χ3n) is 3.49. The average molecular weight is 313 g/mol. The summed E-state index contributed by atoms with van der Waals surface area (Å²) in [6.45, 7) is 2.69. The minimum absolute atomic E-state index is 0.0439. The molecule has 0 bridgehead atoms. The van der Waals surface area contributed by atoms with Crippen LogP contribution in [0.2, 0.25) is 0 Å². The Kier molecular flexibility index (Phi) is 6.48. The summed E-state index contributed by atoms with van der Waals surface area (Å²) in [5.41, 5.74) is 2.37. The molecule has 0 spiro atoms. The van der Waals surface area contributed by atoms with Crippen molar-refractivity contribution < 1.29 is 14.3 Å². The van der Waals surface area contributed by atoms with Crippen LogP contribution in [-0.2, 0) is 11.2 Å². The van der Waals surface area contributed by atoms with E-state index in [-0.39, 0.29) is 12.5 Å². The van der Waals surface area contributed by atoms with E-state index in [4.69, 9.17) is 9.47 Å². The standard InChI is InChI=1S/C19H23NO3/c1-15-8-10-17(11-9-15)23-14-19(21)20-12-4-6-16-5-3-7-18(13-16)22-2/h3,5,7-11,13H,4,6,12,14H2,1-2H3,(H,20,21). The number of carbonyl (C=O) groups is 1. The lowest BCUT2D eigenvalue weighted by Gasteiger charge is -2.08. The molecule has 23 heavy (non-hydrogen) atoms. The van der Waals surface area contributed by atoms with E-state index in [0.29, 0.717) is 12.3 Å². The summed E-state index contributed by atoms with van der Waals surface area (Å²) in [4.78, 5) is 11.7. The molecule has 4 nitrogen and oxygen atoms in total. The third kappa shape index (κ3) is 6.02. The van der Waals surface area contributed by atoms with Crippen LogP contribution in [0.1, 0.15) is 17.5 Å². The molecule has 0 heterocycles. The fraction of sp³-hybridized carbons (Fsp3) is 0.316. The summed E-state index contributed by atoms with van der Waals surface area (Å²) in [5, 5.41) is 2.87. The summed E-state index contributed by atoms with van der Waals surface area (Å²) in [6.07, 6.45) is 1.78. The Morgan fingerprint density at radius 2 is 1.87 bits per heavy atom. The second kappa shape index (κ2) is 8.83. The highest BCUT2D eigenvalue weighted by Gasteiger charge is 2.02. The van der Waals surface area contributed by atoms with Crippen molar-refractivity contribution in [3.05, 3.63) is 59.7 Å². The first kappa shape index (κ1) is 16.9. The Balaban J connectivity index is 1.63. The number of methoxy groups -OCH3 is 1. The van der Waals surface area contributed by atoms with Gasteiger partial charge in [-0.1, -0.05) is 29.8 Å². The van der Waals surface area contributed by atoms with Gasteiger partial charge in [-0.3, -0.25) is 4.79 Å². The van der Waals surface area contributed by atoms with Crippen molar-refractivity contribution in [2.45, 2.75) is 19.8 Å². The van der Waals surface area contributed by atoms with Crippen molar-refractivity contribution in [3.8, 4) is 11.5 Å². The molecule has 0 radical (unpaired) electrons. The van der Waals surface area contributed by atoms with Gasteiger partial charge >= 0.3 is 0 Å². The molecule has 0 fully saturated rings. The summed E-state index contributed by atoms with van der Waals surface area (Å²) in [7, 11) is 1.66. The molecule has 122 valence electrons. The second-order valence-electron chi connectivity index (χ2n) is 5.41. The SMILES string of the molecule is COc1cccc(CCCNC(=O)COc2ccc(C)cc2)c1. The predicted octanol–water partition coefficient (Wildman–Crippen LogP) is 3.13. The first-order chi connectivity index (χ1) is 11.2. The predicted molar refractivity (Wildman–Crippen MR) is 91.0 cm³/mol. The van der Waals surface area contributed by atoms with Gasteiger partial charge in [0.1, 0.15) is 11.5 Å². The van der Waals surface area contributed by atoms with E-state index in [2.05, 4.69) is 11.4 Å². The largest absolute Gasteiger partial charge is 0.497 e. The molecule has 0 aliphatic rings. The quantitative estimate of drug-likeness (QED) is 0.762. The summed E-state index contributed by atoms with van der Waals surface area (Å²) in [6, 6.07) is 15.6. The molecule has 0 aliphatic carbocycles. The molecule has 0 aromatic heterocycles. The van der Waals surface area contributed by atoms with Crippen LogP contribution in [-0.4, -0.2) is 26.2 Å². The third-order valence-corrected chi connectivity index (χ3v) is 3.49. The van der Waals surface area contributed by atoms with Crippen LogP contribution in [0, 0.1) is 6.92 Å². The van der Waals surface area contributed by atoms with Gasteiger partial charge in [-0.05, 0) is 49.6 Å². The first-order valence-corrected chi connectivity index (χ1v) is 7.76. The molecule has 2 rings (SSSR count). The number of hydrogen-bond acceptors (Lipinski definition) is 3. The topological polar surface area (TPSA) is 47.6 Å². The highest BCUT2D eigenvalue weighted by atomic mass is 16.5. The van der Waals surface area contributed by atoms with Gasteiger partial charge in [0.25, 0.3) is 5.91 Å². The van der Waals surface area contributed by atoms with Crippen LogP contribution in [0.15, 0.2) is 48.5 Å². The van der Waals surface area contributed by atoms with Crippen LogP contribution in [0.3, 0.4) is 0 Å². The van der Waals surface area contributed by atoms with E-state index >= 15 is 0 Å². The van der Waals surface area contributed by atoms with Crippen molar-refractivity contribution in [2.24, 2.45) is 0 Å². The van der Waals surface area contributed by atoms with Crippen LogP contribution in [0.4, 0.5) is 0 Å². The second-order valence-corrected chi connectivity index (χ2v) is 5.41. The average Bonchev–Trinajstić information content (AvgIpc) is 2.58. The first-order valence-electron chi connectivity index (χ1n) is 7.76. The lowest BCUT2D eigenvalue weighted by Crippen LogP contribution is -2.29. The van der Waals surface area contributed by atoms with E-state index in [9.17, 15) is 4.79 Å². The zero-order valence-corrected chi connectivity index (χ0v) is 13.7. The number of carbonyl (C=O) groups excluding carboxylic acids is 1. The van der Waals surface area contributed by atoms with Gasteiger partial charge in [-0.15, -0.1) is 0 Å². The van der Waals surface area contributed by atoms with Crippen LogP contribution in [0.5, 0.6) is 11.5 Å². The lowest BCUT2D eigenvalue weighted by atomic mass is 10.1. The summed E-state index contributed by atoms with van der Waals surface area (Å²) < 4.78 is 10.6. The van der Waals surface area contributed by atoms with E-state index in [1.165, 1.54) is 11.1 Å². The number of rotatable bonds is 8. The minimum Gasteiger partial charge on any atom is -0.497 e. The molecule has 1 N–H and O–H groups in total. The van der Waals surface area contributed by atoms with Gasteiger partial charge in [0.05, 0.1) is 7.11 Å². The molecule has 0 atom stereocenters. The van der Waals surface area contributed by atoms with Gasteiger partial charge in [0.2, 0.25) is 0 Å². The fourth-order valence-corrected chi connectivity index (χ4v) is 2.18. The Morgan fingerprint density at radius 3 is 2.61 bits per heavy atom. The van der Waals surface area contributed by atoms with Gasteiger partial charge in [-0.25, -0.2) is 0 Å². The fourth-order valence-electron chi connectivity index (χ4n) is 2.18. The van der Waals surface area contributed by atoms with Gasteiger partial charge in [0, 0.05) is 6.54 Å². The summed E-state index contributed by atoms with van der Waals surface area (Å²) in [5.74, 6) is 1.47. The molecule has 2 aromatic carbocycles. The molecule has 0 unspecified atom stereocenters. The normalized spacial score (nSPS) is 10.2. The van der Waals surface area contributed by atoms with Crippen molar-refractivity contribution in [1.29, 1.82) is 0 Å². The van der Waals surface area contributed by atoms with Crippen LogP contribution in [0.25, 0.3) is 0 Å². The van der Waals surface area contributed by atoms with Gasteiger partial charge < -0.3 is 14.8 Å². The molecule has 1 amide bonds. The van der Waals surface area contributed by atoms with Crippen molar-refractivity contribution in [1.82, 2.24) is 5.32 Å². The van der Waals surface area contributed by atoms with Crippen molar-refractivity contribution in [2.75, 3.05) is 20.3 Å². The number of aryl methyl sites for hydroxylation is 2. The smallest absolute Gasteiger partial charge is 0.257 e. The van der Waals surface area contributed by atoms with Gasteiger partial charge in [0.15, 0.2) is 6.61 Å². The molecular formula is C19H23NO3. The maximum absolute atomic E-state index is 11.7. The monoisotopic (exact) mass is 313 g/mol. The maximum atomic E-state index is 11.7. The number of nitrogens with one attached hydrogen (secondary N) is 1. The van der Waals surface area contributed by atoms with E-state index < -0.39 is 0 Å². The molecular weight excluding hydrogens is 290 g/mol. The number of ether oxygens (including phenoxy) is 2. The Morgan fingerprint density at radius 1 is 1.09 bits per heavy atom. The van der Waals surface area contributed by atoms with Crippen molar-refractivity contribution in [3.63, 3.8) is 0 Å². The van der Waals surface area contributed by atoms with E-state index in [0.717, 1.165) is 18.6 Å². The molecule has 0 saturated heterocycles. The Hall–Kier alpha value is -2.49. The molecule has 0 aliphatic heterocycles. The zero-order chi connectivity index (χ0) is 16.5. The number of hydrogen-bond donors (Lipinski definition) is 1.